The highest BCUT2D eigenvalue weighted by molar-refractivity contribution is 8.00. The summed E-state index contributed by atoms with van der Waals surface area (Å²) in [6.45, 7) is 8.24. The standard InChI is InChI=1S/C18H25N3OS/c1-12-9-13(2)11-21(10-12)17(22)14(3)23-18-19-15-7-5-6-8-16(15)20(18)4/h5-8,12-14H,9-11H2,1-4H3. The summed E-state index contributed by atoms with van der Waals surface area (Å²) in [6, 6.07) is 8.09. The lowest BCUT2D eigenvalue weighted by Gasteiger charge is -2.36. The van der Waals surface area contributed by atoms with Crippen LogP contribution >= 0.6 is 11.8 Å². The van der Waals surface area contributed by atoms with Crippen molar-refractivity contribution in [2.24, 2.45) is 18.9 Å². The fourth-order valence-electron chi connectivity index (χ4n) is 3.54. The van der Waals surface area contributed by atoms with Gasteiger partial charge in [0.25, 0.3) is 0 Å². The molecule has 3 unspecified atom stereocenters. The van der Waals surface area contributed by atoms with E-state index in [0.29, 0.717) is 11.8 Å². The molecule has 5 heteroatoms. The largest absolute Gasteiger partial charge is 0.341 e. The fraction of sp³-hybridized carbons (Fsp3) is 0.556. The summed E-state index contributed by atoms with van der Waals surface area (Å²) in [5.41, 5.74) is 2.09. The van der Waals surface area contributed by atoms with Crippen LogP contribution in [-0.4, -0.2) is 38.7 Å². The van der Waals surface area contributed by atoms with Gasteiger partial charge in [-0.2, -0.15) is 0 Å². The average molecular weight is 331 g/mol. The summed E-state index contributed by atoms with van der Waals surface area (Å²) in [4.78, 5) is 19.5. The number of amides is 1. The van der Waals surface area contributed by atoms with E-state index in [4.69, 9.17) is 0 Å². The van der Waals surface area contributed by atoms with Crippen molar-refractivity contribution in [3.8, 4) is 0 Å². The van der Waals surface area contributed by atoms with Crippen LogP contribution in [0.3, 0.4) is 0 Å². The normalized spacial score (nSPS) is 23.2. The van der Waals surface area contributed by atoms with Crippen LogP contribution in [0, 0.1) is 11.8 Å². The number of aromatic nitrogens is 2. The molecule has 23 heavy (non-hydrogen) atoms. The number of hydrogen-bond acceptors (Lipinski definition) is 3. The first-order chi connectivity index (χ1) is 11.0. The zero-order valence-electron chi connectivity index (χ0n) is 14.3. The maximum absolute atomic E-state index is 12.8. The first kappa shape index (κ1) is 16.4. The number of likely N-dealkylation sites (tertiary alicyclic amines) is 1. The molecule has 1 aliphatic rings. The molecule has 1 amide bonds. The molecule has 1 saturated heterocycles. The Bertz CT molecular complexity index is 701. The second kappa shape index (κ2) is 6.56. The Balaban J connectivity index is 1.73. The van der Waals surface area contributed by atoms with Crippen molar-refractivity contribution >= 4 is 28.7 Å². The van der Waals surface area contributed by atoms with E-state index in [-0.39, 0.29) is 11.2 Å². The summed E-state index contributed by atoms with van der Waals surface area (Å²) in [6.07, 6.45) is 1.22. The Morgan fingerprint density at radius 2 is 1.91 bits per heavy atom. The van der Waals surface area contributed by atoms with Crippen LogP contribution < -0.4 is 0 Å². The summed E-state index contributed by atoms with van der Waals surface area (Å²) in [5, 5.41) is 0.799. The van der Waals surface area contributed by atoms with Crippen molar-refractivity contribution < 1.29 is 4.79 Å². The highest BCUT2D eigenvalue weighted by atomic mass is 32.2. The molecule has 0 N–H and O–H groups in total. The van der Waals surface area contributed by atoms with Crippen LogP contribution in [0.4, 0.5) is 0 Å². The number of nitrogens with zero attached hydrogens (tertiary/aromatic N) is 3. The zero-order valence-corrected chi connectivity index (χ0v) is 15.1. The minimum atomic E-state index is -0.108. The predicted octanol–water partition coefficient (Wildman–Crippen LogP) is 3.56. The first-order valence-corrected chi connectivity index (χ1v) is 9.20. The average Bonchev–Trinajstić information content (AvgIpc) is 2.82. The molecular formula is C18H25N3OS. The zero-order chi connectivity index (χ0) is 16.6. The number of hydrogen-bond donors (Lipinski definition) is 0. The van der Waals surface area contributed by atoms with Gasteiger partial charge in [-0.25, -0.2) is 4.98 Å². The Labute approximate surface area is 142 Å². The van der Waals surface area contributed by atoms with E-state index in [1.165, 1.54) is 6.42 Å². The molecule has 0 bridgehead atoms. The van der Waals surface area contributed by atoms with E-state index in [9.17, 15) is 4.79 Å². The van der Waals surface area contributed by atoms with E-state index in [0.717, 1.165) is 29.3 Å². The quantitative estimate of drug-likeness (QED) is 0.807. The van der Waals surface area contributed by atoms with E-state index in [1.807, 2.05) is 37.1 Å². The number of piperidine rings is 1. The number of rotatable bonds is 3. The van der Waals surface area contributed by atoms with E-state index in [2.05, 4.69) is 29.5 Å². The van der Waals surface area contributed by atoms with Crippen LogP contribution in [0.2, 0.25) is 0 Å². The third-order valence-corrected chi connectivity index (χ3v) is 5.69. The van der Waals surface area contributed by atoms with Gasteiger partial charge < -0.3 is 9.47 Å². The molecule has 0 aliphatic carbocycles. The number of aryl methyl sites for hydroxylation is 1. The van der Waals surface area contributed by atoms with Gasteiger partial charge in [0.2, 0.25) is 5.91 Å². The summed E-state index contributed by atoms with van der Waals surface area (Å²) in [5.74, 6) is 1.42. The maximum atomic E-state index is 12.8. The van der Waals surface area contributed by atoms with Crippen molar-refractivity contribution in [3.05, 3.63) is 24.3 Å². The van der Waals surface area contributed by atoms with Crippen molar-refractivity contribution in [2.45, 2.75) is 37.6 Å². The number of thioether (sulfide) groups is 1. The Morgan fingerprint density at radius 1 is 1.26 bits per heavy atom. The summed E-state index contributed by atoms with van der Waals surface area (Å²) in [7, 11) is 2.01. The smallest absolute Gasteiger partial charge is 0.235 e. The molecule has 1 aromatic carbocycles. The number of fused-ring (bicyclic) bond motifs is 1. The Morgan fingerprint density at radius 3 is 2.57 bits per heavy atom. The van der Waals surface area contributed by atoms with Crippen LogP contribution in [-0.2, 0) is 11.8 Å². The first-order valence-electron chi connectivity index (χ1n) is 8.32. The molecule has 4 nitrogen and oxygen atoms in total. The molecule has 1 aromatic heterocycles. The SMILES string of the molecule is CC1CC(C)CN(C(=O)C(C)Sc2nc3ccccc3n2C)C1. The number of para-hydroxylation sites is 2. The van der Waals surface area contributed by atoms with Crippen molar-refractivity contribution in [3.63, 3.8) is 0 Å². The van der Waals surface area contributed by atoms with E-state index in [1.54, 1.807) is 11.8 Å². The molecule has 124 valence electrons. The third-order valence-electron chi connectivity index (χ3n) is 4.56. The monoisotopic (exact) mass is 331 g/mol. The van der Waals surface area contributed by atoms with Gasteiger partial charge in [-0.15, -0.1) is 0 Å². The van der Waals surface area contributed by atoms with E-state index >= 15 is 0 Å². The van der Waals surface area contributed by atoms with Crippen LogP contribution in [0.5, 0.6) is 0 Å². The molecule has 3 atom stereocenters. The van der Waals surface area contributed by atoms with Crippen LogP contribution in [0.1, 0.15) is 27.2 Å². The molecule has 3 rings (SSSR count). The van der Waals surface area contributed by atoms with Gasteiger partial charge in [0.1, 0.15) is 0 Å². The van der Waals surface area contributed by atoms with Crippen molar-refractivity contribution in [2.75, 3.05) is 13.1 Å². The van der Waals surface area contributed by atoms with Gasteiger partial charge in [0.05, 0.1) is 16.3 Å². The molecule has 0 spiro atoms. The van der Waals surface area contributed by atoms with Crippen LogP contribution in [0.15, 0.2) is 29.4 Å². The second-order valence-electron chi connectivity index (χ2n) is 6.89. The van der Waals surface area contributed by atoms with Crippen LogP contribution in [0.25, 0.3) is 11.0 Å². The molecule has 0 saturated carbocycles. The van der Waals surface area contributed by atoms with Gasteiger partial charge in [-0.1, -0.05) is 37.7 Å². The summed E-state index contributed by atoms with van der Waals surface area (Å²) < 4.78 is 2.07. The lowest BCUT2D eigenvalue weighted by molar-refractivity contribution is -0.132. The van der Waals surface area contributed by atoms with Crippen molar-refractivity contribution in [1.82, 2.24) is 14.5 Å². The second-order valence-corrected chi connectivity index (χ2v) is 8.20. The number of carbonyl (C=O) groups is 1. The van der Waals surface area contributed by atoms with Gasteiger partial charge >= 0.3 is 0 Å². The lowest BCUT2D eigenvalue weighted by Crippen LogP contribution is -2.45. The highest BCUT2D eigenvalue weighted by Crippen LogP contribution is 2.29. The van der Waals surface area contributed by atoms with Gasteiger partial charge in [0.15, 0.2) is 5.16 Å². The number of benzene rings is 1. The topological polar surface area (TPSA) is 38.1 Å². The Kier molecular flexibility index (Phi) is 4.67. The lowest BCUT2D eigenvalue weighted by atomic mass is 9.92. The molecular weight excluding hydrogens is 306 g/mol. The predicted molar refractivity (Wildman–Crippen MR) is 95.6 cm³/mol. The third kappa shape index (κ3) is 3.39. The highest BCUT2D eigenvalue weighted by Gasteiger charge is 2.29. The summed E-state index contributed by atoms with van der Waals surface area (Å²) >= 11 is 1.56. The molecule has 2 heterocycles. The molecule has 1 aliphatic heterocycles. The van der Waals surface area contributed by atoms with Gasteiger partial charge in [0, 0.05) is 20.1 Å². The maximum Gasteiger partial charge on any atom is 0.235 e. The number of carbonyl (C=O) groups excluding carboxylic acids is 1. The molecule has 2 aromatic rings. The van der Waals surface area contributed by atoms with Gasteiger partial charge in [-0.05, 0) is 37.3 Å². The minimum absolute atomic E-state index is 0.108. The number of imidazole rings is 1. The molecule has 1 fully saturated rings. The van der Waals surface area contributed by atoms with Gasteiger partial charge in [-0.3, -0.25) is 4.79 Å². The van der Waals surface area contributed by atoms with Crippen molar-refractivity contribution in [1.29, 1.82) is 0 Å². The minimum Gasteiger partial charge on any atom is -0.341 e. The van der Waals surface area contributed by atoms with E-state index < -0.39 is 0 Å². The molecule has 0 radical (unpaired) electrons. The Hall–Kier alpha value is -1.49. The fourth-order valence-corrected chi connectivity index (χ4v) is 4.51.